The van der Waals surface area contributed by atoms with Gasteiger partial charge in [-0.1, -0.05) is 18.2 Å². The largest absolute Gasteiger partial charge is 0.508 e. The maximum atomic E-state index is 9.69. The molecular formula is C19H20N2OS. The maximum Gasteiger partial charge on any atom is 0.115 e. The van der Waals surface area contributed by atoms with Gasteiger partial charge in [0.15, 0.2) is 0 Å². The Kier molecular flexibility index (Phi) is 5.05. The molecule has 0 spiro atoms. The normalized spacial score (nSPS) is 11.0. The molecule has 0 unspecified atom stereocenters. The predicted molar refractivity (Wildman–Crippen MR) is 94.4 cm³/mol. The van der Waals surface area contributed by atoms with Crippen molar-refractivity contribution in [1.82, 2.24) is 9.88 Å². The van der Waals surface area contributed by atoms with E-state index in [0.717, 1.165) is 30.9 Å². The lowest BCUT2D eigenvalue weighted by Crippen LogP contribution is -2.22. The van der Waals surface area contributed by atoms with Crippen molar-refractivity contribution in [2.24, 2.45) is 0 Å². The fourth-order valence-electron chi connectivity index (χ4n) is 2.57. The van der Waals surface area contributed by atoms with Gasteiger partial charge in [0.05, 0.1) is 5.69 Å². The minimum absolute atomic E-state index is 0.313. The summed E-state index contributed by atoms with van der Waals surface area (Å²) in [6.07, 6.45) is 1.83. The Hall–Kier alpha value is -2.17. The monoisotopic (exact) mass is 324 g/mol. The molecule has 3 nitrogen and oxygen atoms in total. The highest BCUT2D eigenvalue weighted by atomic mass is 32.1. The van der Waals surface area contributed by atoms with E-state index in [2.05, 4.69) is 34.3 Å². The minimum atomic E-state index is 0.313. The van der Waals surface area contributed by atoms with E-state index >= 15 is 0 Å². The van der Waals surface area contributed by atoms with Gasteiger partial charge in [-0.3, -0.25) is 9.88 Å². The lowest BCUT2D eigenvalue weighted by Gasteiger charge is -2.22. The third kappa shape index (κ3) is 4.41. The second-order valence-corrected chi connectivity index (χ2v) is 6.66. The summed E-state index contributed by atoms with van der Waals surface area (Å²) in [5, 5.41) is 11.8. The molecule has 0 saturated heterocycles. The third-order valence-corrected chi connectivity index (χ3v) is 4.77. The predicted octanol–water partition coefficient (Wildman–Crippen LogP) is 4.36. The van der Waals surface area contributed by atoms with Gasteiger partial charge in [-0.15, -0.1) is 11.3 Å². The Balaban J connectivity index is 1.79. The van der Waals surface area contributed by atoms with Crippen molar-refractivity contribution in [2.45, 2.75) is 26.6 Å². The summed E-state index contributed by atoms with van der Waals surface area (Å²) in [4.78, 5) is 8.17. The number of aromatic hydroxyl groups is 1. The molecule has 0 fully saturated rings. The van der Waals surface area contributed by atoms with E-state index in [1.54, 1.807) is 17.4 Å². The lowest BCUT2D eigenvalue weighted by atomic mass is 10.2. The number of rotatable bonds is 6. The molecule has 23 heavy (non-hydrogen) atoms. The quantitative estimate of drug-likeness (QED) is 0.732. The van der Waals surface area contributed by atoms with Crippen molar-refractivity contribution in [2.75, 3.05) is 0 Å². The molecule has 0 bridgehead atoms. The molecular weight excluding hydrogens is 304 g/mol. The zero-order chi connectivity index (χ0) is 16.1. The van der Waals surface area contributed by atoms with E-state index in [1.165, 1.54) is 10.4 Å². The summed E-state index contributed by atoms with van der Waals surface area (Å²) in [7, 11) is 0. The van der Waals surface area contributed by atoms with Gasteiger partial charge in [-0.05, 0) is 53.8 Å². The molecule has 1 N–H and O–H groups in total. The van der Waals surface area contributed by atoms with Crippen LogP contribution in [0.4, 0.5) is 0 Å². The molecule has 0 aliphatic heterocycles. The van der Waals surface area contributed by atoms with Crippen LogP contribution < -0.4 is 0 Å². The topological polar surface area (TPSA) is 36.4 Å². The minimum Gasteiger partial charge on any atom is -0.508 e. The fraction of sp³-hybridized carbons (Fsp3) is 0.211. The molecule has 0 saturated carbocycles. The first-order valence-corrected chi connectivity index (χ1v) is 8.52. The Labute approximate surface area is 140 Å². The van der Waals surface area contributed by atoms with Crippen molar-refractivity contribution in [3.05, 3.63) is 81.8 Å². The van der Waals surface area contributed by atoms with Gasteiger partial charge in [0.2, 0.25) is 0 Å². The van der Waals surface area contributed by atoms with Crippen LogP contribution in [0.3, 0.4) is 0 Å². The van der Waals surface area contributed by atoms with Crippen LogP contribution in [0.5, 0.6) is 5.75 Å². The highest BCUT2D eigenvalue weighted by Gasteiger charge is 2.11. The summed E-state index contributed by atoms with van der Waals surface area (Å²) in [5.74, 6) is 0.313. The second-order valence-electron chi connectivity index (χ2n) is 5.66. The smallest absolute Gasteiger partial charge is 0.115 e. The van der Waals surface area contributed by atoms with Crippen molar-refractivity contribution in [3.63, 3.8) is 0 Å². The molecule has 3 rings (SSSR count). The first kappa shape index (κ1) is 15.7. The van der Waals surface area contributed by atoms with Crippen molar-refractivity contribution in [3.8, 4) is 5.75 Å². The van der Waals surface area contributed by atoms with E-state index in [-0.39, 0.29) is 0 Å². The number of benzene rings is 1. The maximum absolute atomic E-state index is 9.69. The Morgan fingerprint density at radius 2 is 1.96 bits per heavy atom. The number of aromatic nitrogens is 1. The molecule has 0 atom stereocenters. The number of thiophene rings is 1. The number of nitrogens with zero attached hydrogens (tertiary/aromatic N) is 2. The summed E-state index contributed by atoms with van der Waals surface area (Å²) < 4.78 is 0. The van der Waals surface area contributed by atoms with Crippen LogP contribution in [0.1, 0.15) is 21.7 Å². The van der Waals surface area contributed by atoms with E-state index in [4.69, 9.17) is 0 Å². The second kappa shape index (κ2) is 7.40. The summed E-state index contributed by atoms with van der Waals surface area (Å²) >= 11 is 1.79. The first-order chi connectivity index (χ1) is 11.2. The van der Waals surface area contributed by atoms with Crippen LogP contribution in [0.25, 0.3) is 0 Å². The average molecular weight is 324 g/mol. The Bertz CT molecular complexity index is 755. The molecule has 0 amide bonds. The molecule has 4 heteroatoms. The van der Waals surface area contributed by atoms with Crippen LogP contribution in [-0.2, 0) is 19.6 Å². The summed E-state index contributed by atoms with van der Waals surface area (Å²) in [5.41, 5.74) is 3.49. The number of phenols is 1. The molecule has 2 heterocycles. The standard InChI is InChI=1S/C19H20N2OS/c1-15-8-10-23-19(15)14-21(13-17-6-2-3-9-20-17)12-16-5-4-7-18(22)11-16/h2-11,22H,12-14H2,1H3. The number of pyridine rings is 1. The Morgan fingerprint density at radius 3 is 2.65 bits per heavy atom. The zero-order valence-electron chi connectivity index (χ0n) is 13.1. The molecule has 0 aliphatic carbocycles. The van der Waals surface area contributed by atoms with Crippen molar-refractivity contribution >= 4 is 11.3 Å². The van der Waals surface area contributed by atoms with Gasteiger partial charge >= 0.3 is 0 Å². The van der Waals surface area contributed by atoms with Crippen LogP contribution in [0, 0.1) is 6.92 Å². The summed E-state index contributed by atoms with van der Waals surface area (Å²) in [6.45, 7) is 4.60. The lowest BCUT2D eigenvalue weighted by molar-refractivity contribution is 0.246. The number of phenolic OH excluding ortho intramolecular Hbond substituents is 1. The highest BCUT2D eigenvalue weighted by Crippen LogP contribution is 2.21. The van der Waals surface area contributed by atoms with E-state index in [0.29, 0.717) is 5.75 Å². The number of hydrogen-bond donors (Lipinski definition) is 1. The molecule has 0 aliphatic rings. The average Bonchev–Trinajstić information content (AvgIpc) is 2.93. The first-order valence-electron chi connectivity index (χ1n) is 7.64. The number of hydrogen-bond acceptors (Lipinski definition) is 4. The van der Waals surface area contributed by atoms with Crippen LogP contribution in [0.2, 0.25) is 0 Å². The van der Waals surface area contributed by atoms with E-state index in [9.17, 15) is 5.11 Å². The van der Waals surface area contributed by atoms with Gasteiger partial charge in [0.25, 0.3) is 0 Å². The highest BCUT2D eigenvalue weighted by molar-refractivity contribution is 7.10. The van der Waals surface area contributed by atoms with Crippen LogP contribution >= 0.6 is 11.3 Å². The SMILES string of the molecule is Cc1ccsc1CN(Cc1cccc(O)c1)Cc1ccccn1. The molecule has 3 aromatic rings. The number of aryl methyl sites for hydroxylation is 1. The van der Waals surface area contributed by atoms with Crippen molar-refractivity contribution in [1.29, 1.82) is 0 Å². The molecule has 2 aromatic heterocycles. The van der Waals surface area contributed by atoms with Gasteiger partial charge < -0.3 is 5.11 Å². The molecule has 118 valence electrons. The van der Waals surface area contributed by atoms with Gasteiger partial charge in [-0.2, -0.15) is 0 Å². The Morgan fingerprint density at radius 1 is 1.04 bits per heavy atom. The van der Waals surface area contributed by atoms with Gasteiger partial charge in [0.1, 0.15) is 5.75 Å². The molecule has 0 radical (unpaired) electrons. The van der Waals surface area contributed by atoms with E-state index in [1.807, 2.05) is 36.5 Å². The van der Waals surface area contributed by atoms with Crippen LogP contribution in [-0.4, -0.2) is 15.0 Å². The fourth-order valence-corrected chi connectivity index (χ4v) is 3.52. The summed E-state index contributed by atoms with van der Waals surface area (Å²) in [6, 6.07) is 15.6. The van der Waals surface area contributed by atoms with Crippen molar-refractivity contribution < 1.29 is 5.11 Å². The van der Waals surface area contributed by atoms with Gasteiger partial charge in [0, 0.05) is 30.7 Å². The van der Waals surface area contributed by atoms with E-state index < -0.39 is 0 Å². The van der Waals surface area contributed by atoms with Crippen LogP contribution in [0.15, 0.2) is 60.1 Å². The third-order valence-electron chi connectivity index (χ3n) is 3.76. The molecule has 1 aromatic carbocycles. The zero-order valence-corrected chi connectivity index (χ0v) is 14.0. The van der Waals surface area contributed by atoms with Gasteiger partial charge in [-0.25, -0.2) is 0 Å².